The number of nitrogens with zero attached hydrogens (tertiary/aromatic N) is 2. The fraction of sp³-hybridized carbons (Fsp3) is 0.125. The van der Waals surface area contributed by atoms with Crippen molar-refractivity contribution in [1.82, 2.24) is 15.2 Å². The molecule has 2 heterocycles. The number of rotatable bonds is 3. The van der Waals surface area contributed by atoms with Crippen molar-refractivity contribution in [2.24, 2.45) is 0 Å². The van der Waals surface area contributed by atoms with Crippen molar-refractivity contribution >= 4 is 9.84 Å². The summed E-state index contributed by atoms with van der Waals surface area (Å²) in [6.07, 6.45) is -0.782. The van der Waals surface area contributed by atoms with E-state index in [1.807, 2.05) is 5.10 Å². The first kappa shape index (κ1) is 17.2. The molecule has 0 saturated carbocycles. The third kappa shape index (κ3) is 3.41. The fourth-order valence-electron chi connectivity index (χ4n) is 2.42. The predicted molar refractivity (Wildman–Crippen MR) is 85.4 cm³/mol. The third-order valence-corrected chi connectivity index (χ3v) is 4.70. The normalized spacial score (nSPS) is 12.3. The van der Waals surface area contributed by atoms with Crippen LogP contribution < -0.4 is 0 Å². The Balaban J connectivity index is 2.19. The Labute approximate surface area is 141 Å². The Morgan fingerprint density at radius 3 is 2.08 bits per heavy atom. The first-order valence-electron chi connectivity index (χ1n) is 7.04. The van der Waals surface area contributed by atoms with Crippen LogP contribution in [0.4, 0.5) is 13.2 Å². The Morgan fingerprint density at radius 1 is 0.960 bits per heavy atom. The molecular weight excluding hydrogens is 355 g/mol. The fourth-order valence-corrected chi connectivity index (χ4v) is 3.05. The Bertz CT molecular complexity index is 995. The lowest BCUT2D eigenvalue weighted by Gasteiger charge is -2.09. The molecule has 9 heteroatoms. The van der Waals surface area contributed by atoms with Gasteiger partial charge in [0.05, 0.1) is 4.90 Å². The maximum Gasteiger partial charge on any atom is 0.433 e. The Hall–Kier alpha value is -2.68. The summed E-state index contributed by atoms with van der Waals surface area (Å²) in [5.41, 5.74) is -0.328. The average molecular weight is 367 g/mol. The van der Waals surface area contributed by atoms with Crippen molar-refractivity contribution in [3.8, 4) is 22.4 Å². The number of hydrogen-bond donors (Lipinski definition) is 1. The topological polar surface area (TPSA) is 75.7 Å². The lowest BCUT2D eigenvalue weighted by Crippen LogP contribution is -2.07. The van der Waals surface area contributed by atoms with Gasteiger partial charge in [-0.15, -0.1) is 0 Å². The average Bonchev–Trinajstić information content (AvgIpc) is 3.00. The zero-order chi connectivity index (χ0) is 18.2. The van der Waals surface area contributed by atoms with Crippen LogP contribution in [0, 0.1) is 0 Å². The summed E-state index contributed by atoms with van der Waals surface area (Å²) in [6.45, 7) is 0. The molecule has 2 aromatic heterocycles. The summed E-state index contributed by atoms with van der Waals surface area (Å²) in [5, 5.41) is 5.85. The lowest BCUT2D eigenvalue weighted by molar-refractivity contribution is -0.140. The van der Waals surface area contributed by atoms with E-state index in [0.717, 1.165) is 6.26 Å². The van der Waals surface area contributed by atoms with Crippen LogP contribution in [0.25, 0.3) is 22.4 Å². The van der Waals surface area contributed by atoms with Gasteiger partial charge in [-0.1, -0.05) is 12.1 Å². The molecule has 0 saturated heterocycles. The second-order valence-electron chi connectivity index (χ2n) is 5.35. The molecule has 5 nitrogen and oxygen atoms in total. The van der Waals surface area contributed by atoms with Crippen LogP contribution in [-0.4, -0.2) is 29.9 Å². The maximum absolute atomic E-state index is 13.3. The van der Waals surface area contributed by atoms with Crippen LogP contribution in [0.15, 0.2) is 53.7 Å². The molecule has 25 heavy (non-hydrogen) atoms. The summed E-state index contributed by atoms with van der Waals surface area (Å²) in [7, 11) is -3.40. The molecule has 0 bridgehead atoms. The molecule has 0 aliphatic carbocycles. The highest BCUT2D eigenvalue weighted by Gasteiger charge is 2.38. The highest BCUT2D eigenvalue weighted by atomic mass is 32.2. The number of H-pyrrole nitrogens is 1. The van der Waals surface area contributed by atoms with Crippen molar-refractivity contribution in [2.45, 2.75) is 11.1 Å². The molecule has 1 N–H and O–H groups in total. The summed E-state index contributed by atoms with van der Waals surface area (Å²) in [6, 6.07) is 8.43. The zero-order valence-corrected chi connectivity index (χ0v) is 13.7. The van der Waals surface area contributed by atoms with Crippen LogP contribution in [0.3, 0.4) is 0 Å². The van der Waals surface area contributed by atoms with E-state index in [1.165, 1.54) is 48.8 Å². The summed E-state index contributed by atoms with van der Waals surface area (Å²) < 4.78 is 63.0. The Kier molecular flexibility index (Phi) is 4.11. The van der Waals surface area contributed by atoms with E-state index in [0.29, 0.717) is 11.1 Å². The van der Waals surface area contributed by atoms with Crippen LogP contribution >= 0.6 is 0 Å². The molecule has 0 fully saturated rings. The van der Waals surface area contributed by atoms with Gasteiger partial charge in [-0.05, 0) is 29.8 Å². The molecule has 3 aromatic rings. The highest BCUT2D eigenvalue weighted by molar-refractivity contribution is 7.90. The SMILES string of the molecule is CS(=O)(=O)c1ccc(-c2n[nH]c(C(F)(F)F)c2-c2ccncc2)cc1. The van der Waals surface area contributed by atoms with Gasteiger partial charge < -0.3 is 0 Å². The number of halogens is 3. The Morgan fingerprint density at radius 2 is 1.56 bits per heavy atom. The van der Waals surface area contributed by atoms with E-state index in [-0.39, 0.29) is 16.2 Å². The van der Waals surface area contributed by atoms with E-state index in [9.17, 15) is 21.6 Å². The highest BCUT2D eigenvalue weighted by Crippen LogP contribution is 2.40. The smallest absolute Gasteiger partial charge is 0.272 e. The number of hydrogen-bond acceptors (Lipinski definition) is 4. The van der Waals surface area contributed by atoms with Crippen molar-refractivity contribution in [3.05, 3.63) is 54.5 Å². The van der Waals surface area contributed by atoms with Gasteiger partial charge in [0.1, 0.15) is 11.4 Å². The molecule has 0 radical (unpaired) electrons. The van der Waals surface area contributed by atoms with Gasteiger partial charge in [-0.3, -0.25) is 10.1 Å². The molecule has 0 spiro atoms. The van der Waals surface area contributed by atoms with Crippen molar-refractivity contribution in [1.29, 1.82) is 0 Å². The van der Waals surface area contributed by atoms with Gasteiger partial charge >= 0.3 is 6.18 Å². The van der Waals surface area contributed by atoms with E-state index >= 15 is 0 Å². The molecule has 0 unspecified atom stereocenters. The van der Waals surface area contributed by atoms with Gasteiger partial charge in [-0.25, -0.2) is 8.42 Å². The first-order chi connectivity index (χ1) is 11.7. The molecule has 1 aromatic carbocycles. The molecule has 0 amide bonds. The quantitative estimate of drug-likeness (QED) is 0.768. The standard InChI is InChI=1S/C16H12F3N3O2S/c1-25(23,24)12-4-2-11(3-5-12)14-13(10-6-8-20-9-7-10)15(22-21-14)16(17,18)19/h2-9H,1H3,(H,21,22). The number of aromatic amines is 1. The van der Waals surface area contributed by atoms with Crippen molar-refractivity contribution < 1.29 is 21.6 Å². The minimum atomic E-state index is -4.61. The summed E-state index contributed by atoms with van der Waals surface area (Å²) in [4.78, 5) is 3.89. The van der Waals surface area contributed by atoms with Crippen LogP contribution in [0.5, 0.6) is 0 Å². The van der Waals surface area contributed by atoms with Gasteiger partial charge in [0.15, 0.2) is 9.84 Å². The molecule has 0 aliphatic rings. The van der Waals surface area contributed by atoms with Crippen LogP contribution in [-0.2, 0) is 16.0 Å². The predicted octanol–water partition coefficient (Wildman–Crippen LogP) is 3.56. The van der Waals surface area contributed by atoms with Crippen LogP contribution in [0.2, 0.25) is 0 Å². The van der Waals surface area contributed by atoms with E-state index in [4.69, 9.17) is 0 Å². The number of nitrogens with one attached hydrogen (secondary N) is 1. The zero-order valence-electron chi connectivity index (χ0n) is 12.9. The first-order valence-corrected chi connectivity index (χ1v) is 8.93. The number of alkyl halides is 3. The van der Waals surface area contributed by atoms with Crippen molar-refractivity contribution in [3.63, 3.8) is 0 Å². The van der Waals surface area contributed by atoms with Gasteiger partial charge in [-0.2, -0.15) is 18.3 Å². The summed E-state index contributed by atoms with van der Waals surface area (Å²) in [5.74, 6) is 0. The van der Waals surface area contributed by atoms with Crippen LogP contribution in [0.1, 0.15) is 5.69 Å². The lowest BCUT2D eigenvalue weighted by atomic mass is 9.99. The second-order valence-corrected chi connectivity index (χ2v) is 7.37. The van der Waals surface area contributed by atoms with Gasteiger partial charge in [0.2, 0.25) is 0 Å². The second kappa shape index (κ2) is 5.99. The van der Waals surface area contributed by atoms with E-state index < -0.39 is 21.7 Å². The monoisotopic (exact) mass is 367 g/mol. The third-order valence-electron chi connectivity index (χ3n) is 3.57. The molecule has 3 rings (SSSR count). The summed E-state index contributed by atoms with van der Waals surface area (Å²) >= 11 is 0. The largest absolute Gasteiger partial charge is 0.433 e. The number of benzene rings is 1. The van der Waals surface area contributed by atoms with Gasteiger partial charge in [0.25, 0.3) is 0 Å². The molecular formula is C16H12F3N3O2S. The minimum absolute atomic E-state index is 0.0771. The van der Waals surface area contributed by atoms with Crippen molar-refractivity contribution in [2.75, 3.05) is 6.26 Å². The molecule has 130 valence electrons. The van der Waals surface area contributed by atoms with E-state index in [1.54, 1.807) is 0 Å². The maximum atomic E-state index is 13.3. The number of aromatic nitrogens is 3. The molecule has 0 aliphatic heterocycles. The number of pyridine rings is 1. The minimum Gasteiger partial charge on any atom is -0.272 e. The van der Waals surface area contributed by atoms with E-state index in [2.05, 4.69) is 10.1 Å². The van der Waals surface area contributed by atoms with Gasteiger partial charge in [0, 0.05) is 29.8 Å². The number of sulfone groups is 1. The molecule has 0 atom stereocenters.